The molecule has 0 aliphatic carbocycles. The van der Waals surface area contributed by atoms with Gasteiger partial charge < -0.3 is 15.6 Å². The standard InChI is InChI=1S/C28H28N3O2PS/c29-25-13-12-23(27-7-4-18-35-27)19-26(25)30-28(32)22-10-8-21(9-11-22)20-31-14-16-34(33,17-15-31)24-5-2-1-3-6-24/h1-13,18-19H,14-17,20,29H2,(H,30,32). The number of carbonyl (C=O) groups is 1. The van der Waals surface area contributed by atoms with Crippen molar-refractivity contribution in [1.29, 1.82) is 0 Å². The van der Waals surface area contributed by atoms with E-state index in [9.17, 15) is 9.36 Å². The highest BCUT2D eigenvalue weighted by atomic mass is 32.1. The van der Waals surface area contributed by atoms with Crippen LogP contribution in [0, 0.1) is 0 Å². The van der Waals surface area contributed by atoms with Gasteiger partial charge in [-0.05, 0) is 46.8 Å². The number of nitrogen functional groups attached to an aromatic ring is 1. The van der Waals surface area contributed by atoms with Crippen LogP contribution in [0.4, 0.5) is 11.4 Å². The molecule has 3 aromatic carbocycles. The highest BCUT2D eigenvalue weighted by Crippen LogP contribution is 2.46. The zero-order chi connectivity index (χ0) is 24.3. The van der Waals surface area contributed by atoms with Crippen LogP contribution in [0.25, 0.3) is 10.4 Å². The number of carbonyl (C=O) groups excluding carboxylic acids is 1. The molecule has 5 rings (SSSR count). The summed E-state index contributed by atoms with van der Waals surface area (Å²) in [4.78, 5) is 16.3. The SMILES string of the molecule is Nc1ccc(-c2cccs2)cc1NC(=O)c1ccc(CN2CCP(=O)(c3ccccc3)CC2)cc1. The first kappa shape index (κ1) is 23.6. The number of nitrogens with zero attached hydrogens (tertiary/aromatic N) is 1. The summed E-state index contributed by atoms with van der Waals surface area (Å²) in [6, 6.07) is 27.3. The van der Waals surface area contributed by atoms with Gasteiger partial charge in [0.15, 0.2) is 0 Å². The van der Waals surface area contributed by atoms with Crippen LogP contribution in [0.2, 0.25) is 0 Å². The minimum absolute atomic E-state index is 0.187. The molecule has 1 amide bonds. The fourth-order valence-corrected chi connectivity index (χ4v) is 7.81. The molecule has 2 heterocycles. The normalized spacial score (nSPS) is 15.5. The number of nitrogens with two attached hydrogens (primary N) is 1. The molecular formula is C28H28N3O2PS. The van der Waals surface area contributed by atoms with Crippen LogP contribution >= 0.6 is 18.5 Å². The number of thiophene rings is 1. The van der Waals surface area contributed by atoms with Gasteiger partial charge in [0.2, 0.25) is 0 Å². The van der Waals surface area contributed by atoms with E-state index in [1.54, 1.807) is 11.3 Å². The van der Waals surface area contributed by atoms with Gasteiger partial charge in [0.1, 0.15) is 7.14 Å². The molecule has 35 heavy (non-hydrogen) atoms. The number of rotatable bonds is 6. The Morgan fingerprint density at radius 2 is 1.69 bits per heavy atom. The summed E-state index contributed by atoms with van der Waals surface area (Å²) in [6.07, 6.45) is 1.42. The minimum atomic E-state index is -2.29. The Morgan fingerprint density at radius 1 is 0.943 bits per heavy atom. The molecule has 1 aromatic heterocycles. The zero-order valence-corrected chi connectivity index (χ0v) is 21.1. The number of benzene rings is 3. The minimum Gasteiger partial charge on any atom is -0.397 e. The molecular weight excluding hydrogens is 473 g/mol. The van der Waals surface area contributed by atoms with Crippen LogP contribution in [0.5, 0.6) is 0 Å². The number of hydrogen-bond acceptors (Lipinski definition) is 5. The van der Waals surface area contributed by atoms with Gasteiger partial charge in [0, 0.05) is 47.7 Å². The lowest BCUT2D eigenvalue weighted by atomic mass is 10.1. The molecule has 1 fully saturated rings. The van der Waals surface area contributed by atoms with Crippen molar-refractivity contribution in [2.45, 2.75) is 6.54 Å². The predicted molar refractivity (Wildman–Crippen MR) is 147 cm³/mol. The second-order valence-corrected chi connectivity index (χ2v) is 13.0. The van der Waals surface area contributed by atoms with Crippen LogP contribution in [-0.2, 0) is 11.1 Å². The van der Waals surface area contributed by atoms with Gasteiger partial charge in [0.05, 0.1) is 11.4 Å². The van der Waals surface area contributed by atoms with Crippen LogP contribution < -0.4 is 16.4 Å². The molecule has 0 atom stereocenters. The third kappa shape index (κ3) is 5.40. The van der Waals surface area contributed by atoms with Gasteiger partial charge in [0.25, 0.3) is 5.91 Å². The topological polar surface area (TPSA) is 75.4 Å². The molecule has 1 aliphatic rings. The van der Waals surface area contributed by atoms with Gasteiger partial charge in [-0.2, -0.15) is 0 Å². The molecule has 0 unspecified atom stereocenters. The molecule has 0 bridgehead atoms. The van der Waals surface area contributed by atoms with E-state index < -0.39 is 7.14 Å². The van der Waals surface area contributed by atoms with Gasteiger partial charge in [-0.1, -0.05) is 54.6 Å². The Labute approximate surface area is 210 Å². The summed E-state index contributed by atoms with van der Waals surface area (Å²) >= 11 is 1.65. The van der Waals surface area contributed by atoms with Crippen molar-refractivity contribution < 1.29 is 9.36 Å². The summed E-state index contributed by atoms with van der Waals surface area (Å²) in [7, 11) is -2.29. The van der Waals surface area contributed by atoms with Crippen molar-refractivity contribution in [1.82, 2.24) is 4.90 Å². The van der Waals surface area contributed by atoms with Gasteiger partial charge in [-0.15, -0.1) is 11.3 Å². The zero-order valence-electron chi connectivity index (χ0n) is 19.4. The van der Waals surface area contributed by atoms with Crippen molar-refractivity contribution in [3.05, 3.63) is 101 Å². The molecule has 0 saturated carbocycles. The Bertz CT molecular complexity index is 1340. The van der Waals surface area contributed by atoms with Crippen LogP contribution in [0.15, 0.2) is 90.3 Å². The van der Waals surface area contributed by atoms with E-state index in [4.69, 9.17) is 5.73 Å². The lowest BCUT2D eigenvalue weighted by Gasteiger charge is -2.32. The van der Waals surface area contributed by atoms with E-state index >= 15 is 0 Å². The summed E-state index contributed by atoms with van der Waals surface area (Å²) in [5.41, 5.74) is 10.0. The molecule has 4 aromatic rings. The van der Waals surface area contributed by atoms with Gasteiger partial charge in [-0.3, -0.25) is 9.69 Å². The third-order valence-electron chi connectivity index (χ3n) is 6.51. The molecule has 178 valence electrons. The number of hydrogen-bond donors (Lipinski definition) is 2. The lowest BCUT2D eigenvalue weighted by Crippen LogP contribution is -2.36. The van der Waals surface area contributed by atoms with Crippen molar-refractivity contribution in [3.8, 4) is 10.4 Å². The van der Waals surface area contributed by atoms with E-state index in [1.807, 2.05) is 90.3 Å². The molecule has 3 N–H and O–H groups in total. The van der Waals surface area contributed by atoms with Crippen molar-refractivity contribution >= 4 is 41.1 Å². The maximum absolute atomic E-state index is 13.3. The van der Waals surface area contributed by atoms with Crippen LogP contribution in [0.1, 0.15) is 15.9 Å². The quantitative estimate of drug-likeness (QED) is 0.260. The fourth-order valence-electron chi connectivity index (χ4n) is 4.42. The first-order valence-electron chi connectivity index (χ1n) is 11.7. The van der Waals surface area contributed by atoms with Crippen molar-refractivity contribution in [3.63, 3.8) is 0 Å². The summed E-state index contributed by atoms with van der Waals surface area (Å²) in [6.45, 7) is 2.41. The highest BCUT2D eigenvalue weighted by molar-refractivity contribution is 7.71. The summed E-state index contributed by atoms with van der Waals surface area (Å²) < 4.78 is 13.3. The monoisotopic (exact) mass is 501 g/mol. The molecule has 1 saturated heterocycles. The predicted octanol–water partition coefficient (Wildman–Crippen LogP) is 5.75. The van der Waals surface area contributed by atoms with E-state index in [2.05, 4.69) is 10.2 Å². The highest BCUT2D eigenvalue weighted by Gasteiger charge is 2.30. The Kier molecular flexibility index (Phi) is 6.87. The smallest absolute Gasteiger partial charge is 0.255 e. The largest absolute Gasteiger partial charge is 0.397 e. The molecule has 0 radical (unpaired) electrons. The first-order valence-corrected chi connectivity index (χ1v) is 14.7. The molecule has 7 heteroatoms. The third-order valence-corrected chi connectivity index (χ3v) is 10.5. The number of anilines is 2. The van der Waals surface area contributed by atoms with E-state index in [1.165, 1.54) is 0 Å². The van der Waals surface area contributed by atoms with Crippen molar-refractivity contribution in [2.24, 2.45) is 0 Å². The van der Waals surface area contributed by atoms with Gasteiger partial charge in [-0.25, -0.2) is 0 Å². The second kappa shape index (κ2) is 10.2. The maximum Gasteiger partial charge on any atom is 0.255 e. The average Bonchev–Trinajstić information content (AvgIpc) is 3.43. The maximum atomic E-state index is 13.3. The Hall–Kier alpha value is -3.18. The number of nitrogens with one attached hydrogen (secondary N) is 1. The molecule has 1 aliphatic heterocycles. The van der Waals surface area contributed by atoms with Crippen molar-refractivity contribution in [2.75, 3.05) is 36.5 Å². The first-order chi connectivity index (χ1) is 17.0. The molecule has 0 spiro atoms. The van der Waals surface area contributed by atoms with Crippen LogP contribution in [-0.4, -0.2) is 36.2 Å². The van der Waals surface area contributed by atoms with E-state index in [0.717, 1.165) is 40.9 Å². The number of amides is 1. The summed E-state index contributed by atoms with van der Waals surface area (Å²) in [5, 5.41) is 5.98. The van der Waals surface area contributed by atoms with Crippen LogP contribution in [0.3, 0.4) is 0 Å². The lowest BCUT2D eigenvalue weighted by molar-refractivity contribution is 0.102. The van der Waals surface area contributed by atoms with E-state index in [-0.39, 0.29) is 5.91 Å². The second-order valence-electron chi connectivity index (χ2n) is 8.88. The van der Waals surface area contributed by atoms with E-state index in [0.29, 0.717) is 29.3 Å². The Morgan fingerprint density at radius 3 is 2.37 bits per heavy atom. The van der Waals surface area contributed by atoms with Gasteiger partial charge >= 0.3 is 0 Å². The Balaban J connectivity index is 1.19. The molecule has 5 nitrogen and oxygen atoms in total. The summed E-state index contributed by atoms with van der Waals surface area (Å²) in [5.74, 6) is -0.187. The fraction of sp³-hybridized carbons (Fsp3) is 0.179. The average molecular weight is 502 g/mol.